The van der Waals surface area contributed by atoms with Crippen molar-refractivity contribution in [1.82, 2.24) is 5.32 Å². The molecule has 2 rings (SSSR count). The van der Waals surface area contributed by atoms with Crippen molar-refractivity contribution in [3.8, 4) is 0 Å². The van der Waals surface area contributed by atoms with E-state index >= 15 is 0 Å². The Kier molecular flexibility index (Phi) is 4.80. The van der Waals surface area contributed by atoms with Crippen LogP contribution in [0, 0.1) is 11.8 Å². The van der Waals surface area contributed by atoms with Gasteiger partial charge in [-0.15, -0.1) is 0 Å². The first-order chi connectivity index (χ1) is 10.4. The molecule has 0 aromatic heterocycles. The number of carbonyl (C=O) groups excluding carboxylic acids is 2. The lowest BCUT2D eigenvalue weighted by Gasteiger charge is -2.13. The Labute approximate surface area is 128 Å². The van der Waals surface area contributed by atoms with Crippen molar-refractivity contribution in [2.45, 2.75) is 32.7 Å². The molecular formula is C16H20N2O4. The third kappa shape index (κ3) is 3.84. The van der Waals surface area contributed by atoms with Gasteiger partial charge in [-0.05, 0) is 37.0 Å². The fourth-order valence-corrected chi connectivity index (χ4v) is 2.24. The molecular weight excluding hydrogens is 284 g/mol. The molecule has 2 amide bonds. The summed E-state index contributed by atoms with van der Waals surface area (Å²) in [6, 6.07) is 5.57. The normalized spacial score (nSPS) is 20.8. The monoisotopic (exact) mass is 304 g/mol. The fraction of sp³-hybridized carbons (Fsp3) is 0.438. The Morgan fingerprint density at radius 2 is 2.05 bits per heavy atom. The minimum Gasteiger partial charge on any atom is -0.480 e. The quantitative estimate of drug-likeness (QED) is 0.747. The smallest absolute Gasteiger partial charge is 0.326 e. The van der Waals surface area contributed by atoms with Crippen LogP contribution in [0.4, 0.5) is 5.69 Å². The van der Waals surface area contributed by atoms with E-state index < -0.39 is 17.9 Å². The summed E-state index contributed by atoms with van der Waals surface area (Å²) in [5, 5.41) is 14.2. The molecule has 0 bridgehead atoms. The van der Waals surface area contributed by atoms with Gasteiger partial charge >= 0.3 is 5.97 Å². The summed E-state index contributed by atoms with van der Waals surface area (Å²) in [6.07, 6.45) is 1.19. The molecule has 1 aliphatic carbocycles. The molecule has 0 aliphatic heterocycles. The Balaban J connectivity index is 2.02. The highest BCUT2D eigenvalue weighted by Gasteiger charge is 2.39. The highest BCUT2D eigenvalue weighted by molar-refractivity contribution is 5.99. The van der Waals surface area contributed by atoms with E-state index in [1.165, 1.54) is 0 Å². The van der Waals surface area contributed by atoms with Crippen molar-refractivity contribution < 1.29 is 19.5 Å². The number of carbonyl (C=O) groups is 3. The molecule has 3 atom stereocenters. The Morgan fingerprint density at radius 3 is 2.59 bits per heavy atom. The molecule has 1 fully saturated rings. The SMILES string of the molecule is CCC(NC(=O)c1cccc(NC(=O)C2CC2C)c1)C(=O)O. The first-order valence-corrected chi connectivity index (χ1v) is 7.37. The van der Waals surface area contributed by atoms with E-state index in [1.54, 1.807) is 31.2 Å². The maximum absolute atomic E-state index is 12.1. The minimum atomic E-state index is -1.07. The highest BCUT2D eigenvalue weighted by atomic mass is 16.4. The molecule has 0 saturated heterocycles. The van der Waals surface area contributed by atoms with Crippen LogP contribution < -0.4 is 10.6 Å². The van der Waals surface area contributed by atoms with Crippen LogP contribution in [0.15, 0.2) is 24.3 Å². The van der Waals surface area contributed by atoms with Gasteiger partial charge in [0.25, 0.3) is 5.91 Å². The predicted molar refractivity (Wildman–Crippen MR) is 81.5 cm³/mol. The first kappa shape index (κ1) is 16.0. The van der Waals surface area contributed by atoms with Crippen molar-refractivity contribution in [2.75, 3.05) is 5.32 Å². The molecule has 22 heavy (non-hydrogen) atoms. The second kappa shape index (κ2) is 6.60. The fourth-order valence-electron chi connectivity index (χ4n) is 2.24. The van der Waals surface area contributed by atoms with Crippen LogP contribution >= 0.6 is 0 Å². The number of amides is 2. The molecule has 1 saturated carbocycles. The van der Waals surface area contributed by atoms with Crippen LogP contribution in [0.5, 0.6) is 0 Å². The topological polar surface area (TPSA) is 95.5 Å². The van der Waals surface area contributed by atoms with Gasteiger partial charge in [-0.1, -0.05) is 19.9 Å². The van der Waals surface area contributed by atoms with Crippen LogP contribution in [0.1, 0.15) is 37.0 Å². The molecule has 0 radical (unpaired) electrons. The molecule has 118 valence electrons. The predicted octanol–water partition coefficient (Wildman–Crippen LogP) is 1.87. The maximum atomic E-state index is 12.1. The van der Waals surface area contributed by atoms with Crippen molar-refractivity contribution in [2.24, 2.45) is 11.8 Å². The number of benzene rings is 1. The number of hydrogen-bond donors (Lipinski definition) is 3. The summed E-state index contributed by atoms with van der Waals surface area (Å²) in [5.41, 5.74) is 0.862. The minimum absolute atomic E-state index is 0.0398. The van der Waals surface area contributed by atoms with Crippen LogP contribution in [-0.2, 0) is 9.59 Å². The molecule has 1 aliphatic rings. The molecule has 3 N–H and O–H groups in total. The highest BCUT2D eigenvalue weighted by Crippen LogP contribution is 2.38. The number of carboxylic acid groups (broad SMARTS) is 1. The van der Waals surface area contributed by atoms with Gasteiger partial charge in [0, 0.05) is 17.2 Å². The molecule has 1 aromatic rings. The zero-order valence-corrected chi connectivity index (χ0v) is 12.6. The van der Waals surface area contributed by atoms with Gasteiger partial charge in [-0.25, -0.2) is 4.79 Å². The lowest BCUT2D eigenvalue weighted by Crippen LogP contribution is -2.40. The van der Waals surface area contributed by atoms with Gasteiger partial charge in [-0.3, -0.25) is 9.59 Å². The van der Waals surface area contributed by atoms with Crippen molar-refractivity contribution in [1.29, 1.82) is 0 Å². The third-order valence-corrected chi connectivity index (χ3v) is 3.85. The van der Waals surface area contributed by atoms with Crippen molar-refractivity contribution in [3.63, 3.8) is 0 Å². The standard InChI is InChI=1S/C16H20N2O4/c1-3-13(16(21)22)18-14(19)10-5-4-6-11(8-10)17-15(20)12-7-9(12)2/h4-6,8-9,12-13H,3,7H2,1-2H3,(H,17,20)(H,18,19)(H,21,22). The first-order valence-electron chi connectivity index (χ1n) is 7.37. The number of carboxylic acids is 1. The largest absolute Gasteiger partial charge is 0.480 e. The molecule has 6 nitrogen and oxygen atoms in total. The van der Waals surface area contributed by atoms with Gasteiger partial charge in [0.05, 0.1) is 0 Å². The summed E-state index contributed by atoms with van der Waals surface area (Å²) in [5.74, 6) is -1.11. The van der Waals surface area contributed by atoms with Crippen LogP contribution in [-0.4, -0.2) is 28.9 Å². The summed E-state index contributed by atoms with van der Waals surface area (Å²) >= 11 is 0. The van der Waals surface area contributed by atoms with E-state index in [-0.39, 0.29) is 11.8 Å². The lowest BCUT2D eigenvalue weighted by atomic mass is 10.1. The lowest BCUT2D eigenvalue weighted by molar-refractivity contribution is -0.139. The Hall–Kier alpha value is -2.37. The van der Waals surface area contributed by atoms with Gasteiger partial charge in [0.2, 0.25) is 5.91 Å². The van der Waals surface area contributed by atoms with E-state index in [1.807, 2.05) is 6.92 Å². The van der Waals surface area contributed by atoms with Gasteiger partial charge in [0.15, 0.2) is 0 Å². The summed E-state index contributed by atoms with van der Waals surface area (Å²) < 4.78 is 0. The second-order valence-corrected chi connectivity index (χ2v) is 5.66. The number of aliphatic carboxylic acids is 1. The second-order valence-electron chi connectivity index (χ2n) is 5.66. The average Bonchev–Trinajstić information content (AvgIpc) is 3.21. The van der Waals surface area contributed by atoms with Gasteiger partial charge in [0.1, 0.15) is 6.04 Å². The van der Waals surface area contributed by atoms with E-state index in [0.29, 0.717) is 23.6 Å². The Bertz CT molecular complexity index is 600. The zero-order valence-electron chi connectivity index (χ0n) is 12.6. The number of hydrogen-bond acceptors (Lipinski definition) is 3. The summed E-state index contributed by atoms with van der Waals surface area (Å²) in [6.45, 7) is 3.71. The number of anilines is 1. The van der Waals surface area contributed by atoms with E-state index in [4.69, 9.17) is 5.11 Å². The molecule has 0 spiro atoms. The zero-order chi connectivity index (χ0) is 16.3. The van der Waals surface area contributed by atoms with Crippen molar-refractivity contribution in [3.05, 3.63) is 29.8 Å². The third-order valence-electron chi connectivity index (χ3n) is 3.85. The van der Waals surface area contributed by atoms with E-state index in [9.17, 15) is 14.4 Å². The molecule has 0 heterocycles. The summed E-state index contributed by atoms with van der Waals surface area (Å²) in [7, 11) is 0. The van der Waals surface area contributed by atoms with Gasteiger partial charge < -0.3 is 15.7 Å². The van der Waals surface area contributed by atoms with E-state index in [2.05, 4.69) is 10.6 Å². The van der Waals surface area contributed by atoms with Crippen molar-refractivity contribution >= 4 is 23.5 Å². The van der Waals surface area contributed by atoms with Crippen LogP contribution in [0.25, 0.3) is 0 Å². The van der Waals surface area contributed by atoms with Crippen LogP contribution in [0.3, 0.4) is 0 Å². The molecule has 3 unspecified atom stereocenters. The van der Waals surface area contributed by atoms with Gasteiger partial charge in [-0.2, -0.15) is 0 Å². The van der Waals surface area contributed by atoms with Crippen LogP contribution in [0.2, 0.25) is 0 Å². The number of rotatable bonds is 6. The summed E-state index contributed by atoms with van der Waals surface area (Å²) in [4.78, 5) is 34.9. The van der Waals surface area contributed by atoms with E-state index in [0.717, 1.165) is 6.42 Å². The molecule has 6 heteroatoms. The number of nitrogens with one attached hydrogen (secondary N) is 2. The Morgan fingerprint density at radius 1 is 1.36 bits per heavy atom. The maximum Gasteiger partial charge on any atom is 0.326 e. The molecule has 1 aromatic carbocycles. The average molecular weight is 304 g/mol.